The van der Waals surface area contributed by atoms with E-state index in [4.69, 9.17) is 5.73 Å². The maximum Gasteiger partial charge on any atom is 0.323 e. The summed E-state index contributed by atoms with van der Waals surface area (Å²) in [7, 11) is 0. The quantitative estimate of drug-likeness (QED) is 0.739. The molecule has 2 aromatic carbocycles. The Morgan fingerprint density at radius 1 is 0.950 bits per heavy atom. The number of carbonyl (C=O) groups excluding carboxylic acids is 1. The molecule has 0 radical (unpaired) electrons. The molecule has 0 aliphatic carbocycles. The third kappa shape index (κ3) is 2.82. The highest BCUT2D eigenvalue weighted by atomic mass is 19.2. The number of rotatable bonds is 2. The van der Waals surface area contributed by atoms with Crippen LogP contribution in [0.4, 0.5) is 35.0 Å². The zero-order chi connectivity index (χ0) is 14.7. The van der Waals surface area contributed by atoms with E-state index in [9.17, 15) is 18.0 Å². The number of amides is 2. The average Bonchev–Trinajstić information content (AvgIpc) is 2.42. The summed E-state index contributed by atoms with van der Waals surface area (Å²) < 4.78 is 39.8. The van der Waals surface area contributed by atoms with Gasteiger partial charge in [-0.05, 0) is 24.3 Å². The number of nitrogens with one attached hydrogen (secondary N) is 2. The van der Waals surface area contributed by atoms with E-state index in [1.807, 2.05) is 5.32 Å². The zero-order valence-corrected chi connectivity index (χ0v) is 10.1. The van der Waals surface area contributed by atoms with Crippen LogP contribution in [-0.2, 0) is 0 Å². The minimum Gasteiger partial charge on any atom is -0.397 e. The molecule has 0 heterocycles. The van der Waals surface area contributed by atoms with Gasteiger partial charge in [-0.2, -0.15) is 0 Å². The molecule has 0 atom stereocenters. The molecule has 0 fully saturated rings. The predicted octanol–water partition coefficient (Wildman–Crippen LogP) is 3.33. The van der Waals surface area contributed by atoms with Gasteiger partial charge in [-0.15, -0.1) is 0 Å². The Labute approximate surface area is 112 Å². The summed E-state index contributed by atoms with van der Waals surface area (Å²) in [5.41, 5.74) is 4.69. The molecule has 0 unspecified atom stereocenters. The topological polar surface area (TPSA) is 67.1 Å². The van der Waals surface area contributed by atoms with Gasteiger partial charge in [-0.1, -0.05) is 12.1 Å². The van der Waals surface area contributed by atoms with E-state index in [-0.39, 0.29) is 11.4 Å². The fourth-order valence-electron chi connectivity index (χ4n) is 1.52. The van der Waals surface area contributed by atoms with E-state index in [1.165, 1.54) is 18.2 Å². The van der Waals surface area contributed by atoms with Crippen LogP contribution < -0.4 is 16.4 Å². The van der Waals surface area contributed by atoms with Crippen LogP contribution in [0.25, 0.3) is 0 Å². The van der Waals surface area contributed by atoms with Crippen LogP contribution in [0.2, 0.25) is 0 Å². The molecule has 0 saturated carbocycles. The Bertz CT molecular complexity index is 661. The van der Waals surface area contributed by atoms with E-state index in [1.54, 1.807) is 0 Å². The van der Waals surface area contributed by atoms with Crippen molar-refractivity contribution in [3.8, 4) is 0 Å². The lowest BCUT2D eigenvalue weighted by Gasteiger charge is -2.11. The molecule has 0 spiro atoms. The van der Waals surface area contributed by atoms with Gasteiger partial charge in [0.25, 0.3) is 0 Å². The average molecular weight is 281 g/mol. The summed E-state index contributed by atoms with van der Waals surface area (Å²) in [4.78, 5) is 11.6. The second-order valence-corrected chi connectivity index (χ2v) is 3.88. The number of hydrogen-bond acceptors (Lipinski definition) is 2. The minimum atomic E-state index is -1.28. The molecule has 4 nitrogen and oxygen atoms in total. The first kappa shape index (κ1) is 13.7. The summed E-state index contributed by atoms with van der Waals surface area (Å²) in [6.45, 7) is 0. The van der Waals surface area contributed by atoms with Gasteiger partial charge in [0, 0.05) is 0 Å². The number of hydrogen-bond donors (Lipinski definition) is 3. The molecule has 0 bridgehead atoms. The van der Waals surface area contributed by atoms with Crippen LogP contribution in [0.5, 0.6) is 0 Å². The molecule has 0 aliphatic rings. The fourth-order valence-corrected chi connectivity index (χ4v) is 1.52. The number of nitrogens with two attached hydrogens (primary N) is 1. The highest BCUT2D eigenvalue weighted by Crippen LogP contribution is 2.24. The smallest absolute Gasteiger partial charge is 0.323 e. The number of urea groups is 1. The normalized spacial score (nSPS) is 10.2. The van der Waals surface area contributed by atoms with Crippen molar-refractivity contribution in [2.24, 2.45) is 0 Å². The van der Waals surface area contributed by atoms with Gasteiger partial charge < -0.3 is 16.4 Å². The van der Waals surface area contributed by atoms with Gasteiger partial charge in [0.2, 0.25) is 0 Å². The van der Waals surface area contributed by atoms with Crippen LogP contribution in [0.15, 0.2) is 36.4 Å². The predicted molar refractivity (Wildman–Crippen MR) is 69.8 cm³/mol. The lowest BCUT2D eigenvalue weighted by atomic mass is 10.2. The number of benzene rings is 2. The van der Waals surface area contributed by atoms with Crippen molar-refractivity contribution >= 4 is 23.1 Å². The van der Waals surface area contributed by atoms with Gasteiger partial charge in [-0.25, -0.2) is 18.0 Å². The Balaban J connectivity index is 2.17. The summed E-state index contributed by atoms with van der Waals surface area (Å²) >= 11 is 0. The lowest BCUT2D eigenvalue weighted by Crippen LogP contribution is -2.21. The van der Waals surface area contributed by atoms with E-state index in [2.05, 4.69) is 5.32 Å². The molecule has 2 aromatic rings. The molecule has 2 rings (SSSR count). The molecule has 0 aliphatic heterocycles. The highest BCUT2D eigenvalue weighted by molar-refractivity contribution is 6.01. The number of anilines is 3. The zero-order valence-electron chi connectivity index (χ0n) is 10.1. The second kappa shape index (κ2) is 5.52. The van der Waals surface area contributed by atoms with Crippen LogP contribution in [0, 0.1) is 17.5 Å². The molecule has 20 heavy (non-hydrogen) atoms. The maximum atomic E-state index is 13.5. The van der Waals surface area contributed by atoms with Gasteiger partial charge >= 0.3 is 6.03 Å². The lowest BCUT2D eigenvalue weighted by molar-refractivity contribution is 0.262. The van der Waals surface area contributed by atoms with Crippen molar-refractivity contribution < 1.29 is 18.0 Å². The Hall–Kier alpha value is -2.70. The van der Waals surface area contributed by atoms with Crippen molar-refractivity contribution in [2.75, 3.05) is 16.4 Å². The summed E-state index contributed by atoms with van der Waals surface area (Å²) in [6, 6.07) is 6.43. The highest BCUT2D eigenvalue weighted by Gasteiger charge is 2.15. The minimum absolute atomic E-state index is 0.0969. The van der Waals surface area contributed by atoms with Gasteiger partial charge in [0.15, 0.2) is 11.6 Å². The van der Waals surface area contributed by atoms with E-state index in [0.29, 0.717) is 0 Å². The number of carbonyl (C=O) groups is 1. The van der Waals surface area contributed by atoms with Crippen LogP contribution in [0.3, 0.4) is 0 Å². The largest absolute Gasteiger partial charge is 0.397 e. The Kier molecular flexibility index (Phi) is 3.79. The summed E-state index contributed by atoms with van der Waals surface area (Å²) in [5.74, 6) is -3.09. The first-order chi connectivity index (χ1) is 9.49. The first-order valence-corrected chi connectivity index (χ1v) is 5.55. The van der Waals surface area contributed by atoms with E-state index in [0.717, 1.165) is 18.2 Å². The molecule has 104 valence electrons. The van der Waals surface area contributed by atoms with Crippen molar-refractivity contribution in [1.82, 2.24) is 0 Å². The van der Waals surface area contributed by atoms with Crippen LogP contribution in [0.1, 0.15) is 0 Å². The molecule has 0 saturated heterocycles. The van der Waals surface area contributed by atoms with Crippen molar-refractivity contribution in [1.29, 1.82) is 0 Å². The number of halogens is 3. The van der Waals surface area contributed by atoms with Gasteiger partial charge in [0.1, 0.15) is 11.5 Å². The first-order valence-electron chi connectivity index (χ1n) is 5.55. The molecule has 0 aromatic heterocycles. The molecule has 4 N–H and O–H groups in total. The number of para-hydroxylation sites is 1. The monoisotopic (exact) mass is 281 g/mol. The molecular formula is C13H10F3N3O. The van der Waals surface area contributed by atoms with E-state index >= 15 is 0 Å². The second-order valence-electron chi connectivity index (χ2n) is 3.88. The standard InChI is InChI=1S/C13H10F3N3O/c14-7-3-1-2-4-10(7)18-13(20)19-12-9(17)6-5-8(15)11(12)16/h1-6H,17H2,(H2,18,19,20). The Morgan fingerprint density at radius 2 is 1.65 bits per heavy atom. The van der Waals surface area contributed by atoms with Gasteiger partial charge in [-0.3, -0.25) is 0 Å². The molecule has 7 heteroatoms. The third-order valence-corrected chi connectivity index (χ3v) is 2.49. The number of nitrogen functional groups attached to an aromatic ring is 1. The molecular weight excluding hydrogens is 271 g/mol. The summed E-state index contributed by atoms with van der Waals surface area (Å²) in [6.07, 6.45) is 0. The van der Waals surface area contributed by atoms with Crippen LogP contribution in [-0.4, -0.2) is 6.03 Å². The van der Waals surface area contributed by atoms with E-state index < -0.39 is 29.2 Å². The summed E-state index contributed by atoms with van der Waals surface area (Å²) in [5, 5.41) is 4.20. The fraction of sp³-hybridized carbons (Fsp3) is 0. The van der Waals surface area contributed by atoms with Crippen molar-refractivity contribution in [3.05, 3.63) is 53.8 Å². The Morgan fingerprint density at radius 3 is 2.35 bits per heavy atom. The van der Waals surface area contributed by atoms with Crippen LogP contribution >= 0.6 is 0 Å². The van der Waals surface area contributed by atoms with Crippen molar-refractivity contribution in [3.63, 3.8) is 0 Å². The molecule has 2 amide bonds. The SMILES string of the molecule is Nc1ccc(F)c(F)c1NC(=O)Nc1ccccc1F. The maximum absolute atomic E-state index is 13.5. The third-order valence-electron chi connectivity index (χ3n) is 2.49. The van der Waals surface area contributed by atoms with Gasteiger partial charge in [0.05, 0.1) is 11.4 Å². The van der Waals surface area contributed by atoms with Crippen molar-refractivity contribution in [2.45, 2.75) is 0 Å².